The monoisotopic (exact) mass is 244 g/mol. The number of aliphatic carboxylic acids is 1. The van der Waals surface area contributed by atoms with Crippen LogP contribution in [0.2, 0.25) is 0 Å². The molecule has 4 nitrogen and oxygen atoms in total. The number of benzene rings is 1. The average molecular weight is 244 g/mol. The van der Waals surface area contributed by atoms with E-state index in [9.17, 15) is 4.79 Å². The highest BCUT2D eigenvalue weighted by atomic mass is 16.4. The first-order valence-corrected chi connectivity index (χ1v) is 6.41. The molecule has 1 atom stereocenters. The Labute approximate surface area is 106 Å². The Balaban J connectivity index is 1.83. The lowest BCUT2D eigenvalue weighted by Crippen LogP contribution is -2.29. The van der Waals surface area contributed by atoms with E-state index in [1.165, 1.54) is 24.0 Å². The second kappa shape index (κ2) is 4.44. The summed E-state index contributed by atoms with van der Waals surface area (Å²) in [6, 6.07) is 5.84. The molecule has 0 saturated carbocycles. The Hall–Kier alpha value is -1.84. The van der Waals surface area contributed by atoms with Crippen LogP contribution in [0.4, 0.5) is 0 Å². The number of aryl methyl sites for hydroxylation is 2. The number of fused-ring (bicyclic) bond motifs is 1. The van der Waals surface area contributed by atoms with Crippen molar-refractivity contribution in [2.24, 2.45) is 5.10 Å². The molecule has 1 aliphatic heterocycles. The molecule has 18 heavy (non-hydrogen) atoms. The summed E-state index contributed by atoms with van der Waals surface area (Å²) < 4.78 is 0. The number of hydrogen-bond acceptors (Lipinski definition) is 3. The van der Waals surface area contributed by atoms with Crippen molar-refractivity contribution in [1.29, 1.82) is 0 Å². The molecular formula is C14H16N2O2. The zero-order valence-corrected chi connectivity index (χ0v) is 10.1. The van der Waals surface area contributed by atoms with Crippen LogP contribution < -0.4 is 5.43 Å². The second-order valence-electron chi connectivity index (χ2n) is 4.97. The SMILES string of the molecule is O=C(O)[C@H]1CC(c2ccc3c(c2)CCCC3)=NN1. The number of rotatable bonds is 2. The lowest BCUT2D eigenvalue weighted by Gasteiger charge is -2.16. The zero-order chi connectivity index (χ0) is 12.5. The minimum absolute atomic E-state index is 0.466. The van der Waals surface area contributed by atoms with E-state index in [0.29, 0.717) is 6.42 Å². The third kappa shape index (κ3) is 1.98. The van der Waals surface area contributed by atoms with Crippen LogP contribution in [-0.4, -0.2) is 22.8 Å². The smallest absolute Gasteiger partial charge is 0.328 e. The van der Waals surface area contributed by atoms with Crippen molar-refractivity contribution in [2.45, 2.75) is 38.1 Å². The van der Waals surface area contributed by atoms with Gasteiger partial charge in [0.15, 0.2) is 0 Å². The minimum Gasteiger partial charge on any atom is -0.480 e. The van der Waals surface area contributed by atoms with Gasteiger partial charge in [-0.25, -0.2) is 4.79 Å². The van der Waals surface area contributed by atoms with Gasteiger partial charge >= 0.3 is 5.97 Å². The molecule has 1 aliphatic carbocycles. The maximum Gasteiger partial charge on any atom is 0.328 e. The van der Waals surface area contributed by atoms with Crippen LogP contribution in [-0.2, 0) is 17.6 Å². The standard InChI is InChI=1S/C14H16N2O2/c17-14(18)13-8-12(15-16-13)11-6-5-9-3-1-2-4-10(9)7-11/h5-7,13,16H,1-4,8H2,(H,17,18)/t13-/m1/s1. The lowest BCUT2D eigenvalue weighted by atomic mass is 9.89. The van der Waals surface area contributed by atoms with Gasteiger partial charge in [-0.1, -0.05) is 12.1 Å². The summed E-state index contributed by atoms with van der Waals surface area (Å²) in [5.74, 6) is -0.841. The van der Waals surface area contributed by atoms with Crippen LogP contribution in [0.3, 0.4) is 0 Å². The maximum atomic E-state index is 10.9. The summed E-state index contributed by atoms with van der Waals surface area (Å²) in [6.07, 6.45) is 5.29. The van der Waals surface area contributed by atoms with Gasteiger partial charge in [0.25, 0.3) is 0 Å². The average Bonchev–Trinajstić information content (AvgIpc) is 2.88. The minimum atomic E-state index is -0.841. The molecule has 0 unspecified atom stereocenters. The van der Waals surface area contributed by atoms with E-state index in [1.54, 1.807) is 0 Å². The zero-order valence-electron chi connectivity index (χ0n) is 10.1. The van der Waals surface area contributed by atoms with Crippen LogP contribution in [0.15, 0.2) is 23.3 Å². The highest BCUT2D eigenvalue weighted by Crippen LogP contribution is 2.23. The van der Waals surface area contributed by atoms with Gasteiger partial charge in [0.05, 0.1) is 5.71 Å². The Bertz CT molecular complexity index is 523. The van der Waals surface area contributed by atoms with Gasteiger partial charge in [0.2, 0.25) is 0 Å². The molecule has 0 bridgehead atoms. The van der Waals surface area contributed by atoms with Gasteiger partial charge < -0.3 is 5.11 Å². The molecule has 0 amide bonds. The molecule has 0 fully saturated rings. The predicted molar refractivity (Wildman–Crippen MR) is 68.8 cm³/mol. The Morgan fingerprint density at radius 3 is 2.78 bits per heavy atom. The van der Waals surface area contributed by atoms with E-state index < -0.39 is 12.0 Å². The number of hydrazone groups is 1. The molecule has 2 N–H and O–H groups in total. The second-order valence-corrected chi connectivity index (χ2v) is 4.97. The van der Waals surface area contributed by atoms with Crippen LogP contribution in [0.5, 0.6) is 0 Å². The van der Waals surface area contributed by atoms with Crippen molar-refractivity contribution in [3.05, 3.63) is 34.9 Å². The summed E-state index contributed by atoms with van der Waals surface area (Å²) in [7, 11) is 0. The summed E-state index contributed by atoms with van der Waals surface area (Å²) in [4.78, 5) is 10.9. The number of nitrogens with one attached hydrogen (secondary N) is 1. The number of nitrogens with zero attached hydrogens (tertiary/aromatic N) is 1. The van der Waals surface area contributed by atoms with Crippen molar-refractivity contribution in [1.82, 2.24) is 5.43 Å². The molecule has 1 aromatic rings. The Morgan fingerprint density at radius 2 is 2.06 bits per heavy atom. The fraction of sp³-hybridized carbons (Fsp3) is 0.429. The van der Waals surface area contributed by atoms with Crippen molar-refractivity contribution >= 4 is 11.7 Å². The molecular weight excluding hydrogens is 228 g/mol. The van der Waals surface area contributed by atoms with E-state index in [0.717, 1.165) is 24.1 Å². The fourth-order valence-corrected chi connectivity index (χ4v) is 2.68. The molecule has 4 heteroatoms. The van der Waals surface area contributed by atoms with E-state index in [1.807, 2.05) is 0 Å². The number of hydrogen-bond donors (Lipinski definition) is 2. The fourth-order valence-electron chi connectivity index (χ4n) is 2.68. The molecule has 1 heterocycles. The van der Waals surface area contributed by atoms with E-state index in [4.69, 9.17) is 5.11 Å². The van der Waals surface area contributed by atoms with Gasteiger partial charge in [0, 0.05) is 6.42 Å². The normalized spacial score (nSPS) is 22.0. The topological polar surface area (TPSA) is 61.7 Å². The summed E-state index contributed by atoms with van der Waals surface area (Å²) in [5.41, 5.74) is 7.43. The quantitative estimate of drug-likeness (QED) is 0.832. The van der Waals surface area contributed by atoms with Crippen LogP contribution in [0.25, 0.3) is 0 Å². The van der Waals surface area contributed by atoms with Gasteiger partial charge in [0.1, 0.15) is 6.04 Å². The lowest BCUT2D eigenvalue weighted by molar-refractivity contribution is -0.139. The third-order valence-corrected chi connectivity index (χ3v) is 3.73. The molecule has 1 aromatic carbocycles. The van der Waals surface area contributed by atoms with Crippen LogP contribution in [0.1, 0.15) is 36.0 Å². The Kier molecular flexibility index (Phi) is 2.78. The largest absolute Gasteiger partial charge is 0.480 e. The first kappa shape index (κ1) is 11.3. The maximum absolute atomic E-state index is 10.9. The highest BCUT2D eigenvalue weighted by Gasteiger charge is 2.25. The predicted octanol–water partition coefficient (Wildman–Crippen LogP) is 1.72. The number of carboxylic acids is 1. The van der Waals surface area contributed by atoms with Gasteiger partial charge in [-0.05, 0) is 48.4 Å². The molecule has 3 rings (SSSR count). The van der Waals surface area contributed by atoms with Gasteiger partial charge in [-0.15, -0.1) is 0 Å². The molecule has 0 radical (unpaired) electrons. The highest BCUT2D eigenvalue weighted by molar-refractivity contribution is 6.04. The molecule has 94 valence electrons. The molecule has 0 spiro atoms. The van der Waals surface area contributed by atoms with Crippen molar-refractivity contribution in [2.75, 3.05) is 0 Å². The summed E-state index contributed by atoms with van der Waals surface area (Å²) in [5, 5.41) is 13.1. The first-order valence-electron chi connectivity index (χ1n) is 6.41. The summed E-state index contributed by atoms with van der Waals surface area (Å²) >= 11 is 0. The number of carbonyl (C=O) groups is 1. The van der Waals surface area contributed by atoms with Gasteiger partial charge in [-0.3, -0.25) is 5.43 Å². The molecule has 0 saturated heterocycles. The van der Waals surface area contributed by atoms with Crippen LogP contribution >= 0.6 is 0 Å². The Morgan fingerprint density at radius 1 is 1.28 bits per heavy atom. The van der Waals surface area contributed by atoms with E-state index >= 15 is 0 Å². The van der Waals surface area contributed by atoms with E-state index in [-0.39, 0.29) is 0 Å². The third-order valence-electron chi connectivity index (χ3n) is 3.73. The first-order chi connectivity index (χ1) is 8.74. The summed E-state index contributed by atoms with van der Waals surface area (Å²) in [6.45, 7) is 0. The van der Waals surface area contributed by atoms with Crippen molar-refractivity contribution in [3.63, 3.8) is 0 Å². The van der Waals surface area contributed by atoms with Crippen LogP contribution in [0, 0.1) is 0 Å². The van der Waals surface area contributed by atoms with Gasteiger partial charge in [-0.2, -0.15) is 5.10 Å². The molecule has 0 aromatic heterocycles. The van der Waals surface area contributed by atoms with Crippen molar-refractivity contribution < 1.29 is 9.90 Å². The molecule has 2 aliphatic rings. The number of carboxylic acid groups (broad SMARTS) is 1. The van der Waals surface area contributed by atoms with Crippen molar-refractivity contribution in [3.8, 4) is 0 Å². The van der Waals surface area contributed by atoms with E-state index in [2.05, 4.69) is 28.7 Å².